The van der Waals surface area contributed by atoms with Crippen LogP contribution < -0.4 is 10.1 Å². The van der Waals surface area contributed by atoms with E-state index in [2.05, 4.69) is 10.1 Å². The summed E-state index contributed by atoms with van der Waals surface area (Å²) >= 11 is 11.7. The van der Waals surface area contributed by atoms with Gasteiger partial charge in [-0.05, 0) is 35.9 Å². The Bertz CT molecular complexity index is 576. The third kappa shape index (κ3) is 4.25. The topological polar surface area (TPSA) is 21.3 Å². The first-order chi connectivity index (χ1) is 9.54. The highest BCUT2D eigenvalue weighted by atomic mass is 35.5. The first-order valence-corrected chi connectivity index (χ1v) is 6.53. The lowest BCUT2D eigenvalue weighted by Gasteiger charge is -2.09. The lowest BCUT2D eigenvalue weighted by Crippen LogP contribution is -2.02. The van der Waals surface area contributed by atoms with Crippen LogP contribution in [0.4, 0.5) is 14.5 Å². The summed E-state index contributed by atoms with van der Waals surface area (Å²) in [6.07, 6.45) is 0. The number of nitrogens with one attached hydrogen (secondary N) is 1. The molecule has 0 spiro atoms. The lowest BCUT2D eigenvalue weighted by molar-refractivity contribution is -0.0498. The molecule has 106 valence electrons. The minimum Gasteiger partial charge on any atom is -0.435 e. The van der Waals surface area contributed by atoms with Gasteiger partial charge in [-0.25, -0.2) is 0 Å². The summed E-state index contributed by atoms with van der Waals surface area (Å²) in [5.74, 6) is 0.137. The largest absolute Gasteiger partial charge is 0.435 e. The summed E-state index contributed by atoms with van der Waals surface area (Å²) in [5, 5.41) is 4.12. The maximum atomic E-state index is 12.0. The Kier molecular flexibility index (Phi) is 5.04. The van der Waals surface area contributed by atoms with E-state index in [9.17, 15) is 8.78 Å². The molecule has 0 atom stereocenters. The van der Waals surface area contributed by atoms with Crippen LogP contribution in [-0.2, 0) is 6.54 Å². The van der Waals surface area contributed by atoms with Crippen LogP contribution >= 0.6 is 23.2 Å². The highest BCUT2D eigenvalue weighted by Gasteiger charge is 2.04. The van der Waals surface area contributed by atoms with Gasteiger partial charge in [-0.3, -0.25) is 0 Å². The molecule has 0 fully saturated rings. The molecule has 0 aliphatic carbocycles. The molecule has 0 bridgehead atoms. The minimum absolute atomic E-state index is 0.137. The van der Waals surface area contributed by atoms with Crippen molar-refractivity contribution >= 4 is 28.9 Å². The Morgan fingerprint density at radius 3 is 2.30 bits per heavy atom. The van der Waals surface area contributed by atoms with Gasteiger partial charge in [0.15, 0.2) is 0 Å². The van der Waals surface area contributed by atoms with Gasteiger partial charge in [0.2, 0.25) is 0 Å². The second-order valence-corrected chi connectivity index (χ2v) is 4.82. The highest BCUT2D eigenvalue weighted by molar-refractivity contribution is 6.42. The van der Waals surface area contributed by atoms with Gasteiger partial charge in [-0.1, -0.05) is 35.3 Å². The standard InChI is InChI=1S/C14H11Cl2F2NO/c15-12-6-3-10(7-13(12)16)19-8-9-1-4-11(5-2-9)20-14(17)18/h1-7,14,19H,8H2. The number of halogens is 4. The Morgan fingerprint density at radius 2 is 1.70 bits per heavy atom. The third-order valence-electron chi connectivity index (χ3n) is 2.56. The van der Waals surface area contributed by atoms with E-state index in [4.69, 9.17) is 23.2 Å². The van der Waals surface area contributed by atoms with E-state index in [1.807, 2.05) is 6.07 Å². The normalized spacial score (nSPS) is 10.7. The fourth-order valence-corrected chi connectivity index (χ4v) is 1.90. The van der Waals surface area contributed by atoms with Gasteiger partial charge in [0.25, 0.3) is 0 Å². The van der Waals surface area contributed by atoms with Crippen molar-refractivity contribution in [3.05, 3.63) is 58.1 Å². The van der Waals surface area contributed by atoms with E-state index >= 15 is 0 Å². The molecule has 2 rings (SSSR count). The van der Waals surface area contributed by atoms with Gasteiger partial charge >= 0.3 is 6.61 Å². The molecule has 0 amide bonds. The van der Waals surface area contributed by atoms with Crippen molar-refractivity contribution in [3.63, 3.8) is 0 Å². The van der Waals surface area contributed by atoms with Crippen LogP contribution in [0.15, 0.2) is 42.5 Å². The molecule has 20 heavy (non-hydrogen) atoms. The molecule has 0 unspecified atom stereocenters. The van der Waals surface area contributed by atoms with Crippen LogP contribution in [0.3, 0.4) is 0 Å². The fraction of sp³-hybridized carbons (Fsp3) is 0.143. The Morgan fingerprint density at radius 1 is 1.00 bits per heavy atom. The predicted octanol–water partition coefficient (Wildman–Crippen LogP) is 5.21. The molecule has 0 aromatic heterocycles. The van der Waals surface area contributed by atoms with Crippen LogP contribution in [0, 0.1) is 0 Å². The van der Waals surface area contributed by atoms with E-state index < -0.39 is 6.61 Å². The Labute approximate surface area is 125 Å². The molecule has 2 aromatic rings. The minimum atomic E-state index is -2.81. The molecule has 0 radical (unpaired) electrons. The Hall–Kier alpha value is -1.52. The van der Waals surface area contributed by atoms with Crippen molar-refractivity contribution < 1.29 is 13.5 Å². The van der Waals surface area contributed by atoms with Gasteiger partial charge in [0, 0.05) is 12.2 Å². The maximum Gasteiger partial charge on any atom is 0.387 e. The van der Waals surface area contributed by atoms with Crippen molar-refractivity contribution in [1.82, 2.24) is 0 Å². The molecular weight excluding hydrogens is 307 g/mol. The number of hydrogen-bond acceptors (Lipinski definition) is 2. The van der Waals surface area contributed by atoms with Gasteiger partial charge in [0.05, 0.1) is 10.0 Å². The Balaban J connectivity index is 1.95. The van der Waals surface area contributed by atoms with Crippen molar-refractivity contribution in [2.75, 3.05) is 5.32 Å². The molecule has 2 aromatic carbocycles. The second kappa shape index (κ2) is 6.77. The molecule has 1 N–H and O–H groups in total. The summed E-state index contributed by atoms with van der Waals surface area (Å²) < 4.78 is 28.3. The van der Waals surface area contributed by atoms with Crippen LogP contribution in [0.25, 0.3) is 0 Å². The molecule has 0 saturated carbocycles. The number of rotatable bonds is 5. The summed E-state index contributed by atoms with van der Waals surface area (Å²) in [7, 11) is 0. The summed E-state index contributed by atoms with van der Waals surface area (Å²) in [4.78, 5) is 0. The number of benzene rings is 2. The van der Waals surface area contributed by atoms with Gasteiger partial charge in [-0.15, -0.1) is 0 Å². The first-order valence-electron chi connectivity index (χ1n) is 5.77. The number of alkyl halides is 2. The monoisotopic (exact) mass is 317 g/mol. The van der Waals surface area contributed by atoms with E-state index in [0.29, 0.717) is 16.6 Å². The van der Waals surface area contributed by atoms with Crippen molar-refractivity contribution in [2.45, 2.75) is 13.2 Å². The second-order valence-electron chi connectivity index (χ2n) is 4.00. The number of ether oxygens (including phenoxy) is 1. The van der Waals surface area contributed by atoms with E-state index in [0.717, 1.165) is 11.3 Å². The van der Waals surface area contributed by atoms with Crippen LogP contribution in [0.2, 0.25) is 10.0 Å². The molecule has 2 nitrogen and oxygen atoms in total. The summed E-state index contributed by atoms with van der Waals surface area (Å²) in [6, 6.07) is 11.6. The molecule has 6 heteroatoms. The summed E-state index contributed by atoms with van der Waals surface area (Å²) in [6.45, 7) is -2.28. The predicted molar refractivity (Wildman–Crippen MR) is 76.9 cm³/mol. The van der Waals surface area contributed by atoms with Gasteiger partial charge < -0.3 is 10.1 Å². The third-order valence-corrected chi connectivity index (χ3v) is 3.30. The van der Waals surface area contributed by atoms with E-state index in [1.165, 1.54) is 12.1 Å². The number of hydrogen-bond donors (Lipinski definition) is 1. The van der Waals surface area contributed by atoms with Crippen LogP contribution in [0.1, 0.15) is 5.56 Å². The van der Waals surface area contributed by atoms with Gasteiger partial charge in [-0.2, -0.15) is 8.78 Å². The van der Waals surface area contributed by atoms with E-state index in [1.54, 1.807) is 24.3 Å². The summed E-state index contributed by atoms with van der Waals surface area (Å²) in [5.41, 5.74) is 1.75. The van der Waals surface area contributed by atoms with Crippen molar-refractivity contribution in [1.29, 1.82) is 0 Å². The van der Waals surface area contributed by atoms with Gasteiger partial charge in [0.1, 0.15) is 5.75 Å². The average Bonchev–Trinajstić information content (AvgIpc) is 2.41. The molecular formula is C14H11Cl2F2NO. The average molecular weight is 318 g/mol. The van der Waals surface area contributed by atoms with Crippen molar-refractivity contribution in [2.24, 2.45) is 0 Å². The molecule has 0 aliphatic rings. The maximum absolute atomic E-state index is 12.0. The fourth-order valence-electron chi connectivity index (χ4n) is 1.60. The first kappa shape index (κ1) is 14.9. The van der Waals surface area contributed by atoms with Crippen LogP contribution in [0.5, 0.6) is 5.75 Å². The molecule has 0 aliphatic heterocycles. The quantitative estimate of drug-likeness (QED) is 0.817. The van der Waals surface area contributed by atoms with Crippen LogP contribution in [-0.4, -0.2) is 6.61 Å². The zero-order valence-corrected chi connectivity index (χ0v) is 11.8. The number of anilines is 1. The zero-order valence-electron chi connectivity index (χ0n) is 10.2. The smallest absolute Gasteiger partial charge is 0.387 e. The molecule has 0 saturated heterocycles. The zero-order chi connectivity index (χ0) is 14.5. The SMILES string of the molecule is FC(F)Oc1ccc(CNc2ccc(Cl)c(Cl)c2)cc1. The highest BCUT2D eigenvalue weighted by Crippen LogP contribution is 2.25. The molecule has 0 heterocycles. The lowest BCUT2D eigenvalue weighted by atomic mass is 10.2. The van der Waals surface area contributed by atoms with Crippen molar-refractivity contribution in [3.8, 4) is 5.75 Å². The van der Waals surface area contributed by atoms with E-state index in [-0.39, 0.29) is 5.75 Å².